The SMILES string of the molecule is C=CCOC(=O)[C@@H]1[C@@H]2CC(C)C3(S2)C(C(=O)N(CC=C)c2ccc(Cl)cc2)N([C@@H](CO)CC(C)C)C(=O)[C@H]13. The van der Waals surface area contributed by atoms with Crippen molar-refractivity contribution in [3.05, 3.63) is 54.6 Å². The molecule has 1 spiro atoms. The summed E-state index contributed by atoms with van der Waals surface area (Å²) < 4.78 is 4.64. The van der Waals surface area contributed by atoms with Crippen LogP contribution >= 0.6 is 23.4 Å². The lowest BCUT2D eigenvalue weighted by Gasteiger charge is -2.42. The van der Waals surface area contributed by atoms with E-state index in [1.165, 1.54) is 6.08 Å². The molecule has 0 radical (unpaired) electrons. The molecule has 0 aromatic heterocycles. The van der Waals surface area contributed by atoms with E-state index in [4.69, 9.17) is 16.3 Å². The van der Waals surface area contributed by atoms with Gasteiger partial charge in [0.2, 0.25) is 5.91 Å². The van der Waals surface area contributed by atoms with Crippen molar-refractivity contribution in [3.63, 3.8) is 0 Å². The molecule has 38 heavy (non-hydrogen) atoms. The minimum absolute atomic E-state index is 0.00282. The molecule has 0 aliphatic carbocycles. The summed E-state index contributed by atoms with van der Waals surface area (Å²) in [5.74, 6) is -2.08. The summed E-state index contributed by atoms with van der Waals surface area (Å²) >= 11 is 7.70. The van der Waals surface area contributed by atoms with Crippen molar-refractivity contribution in [2.24, 2.45) is 23.7 Å². The van der Waals surface area contributed by atoms with Crippen LogP contribution in [0.1, 0.15) is 33.6 Å². The third-order valence-corrected chi connectivity index (χ3v) is 10.4. The summed E-state index contributed by atoms with van der Waals surface area (Å²) in [6, 6.07) is 5.58. The number of fused-ring (bicyclic) bond motifs is 1. The van der Waals surface area contributed by atoms with Crippen LogP contribution in [0.2, 0.25) is 5.02 Å². The Hall–Kier alpha value is -2.29. The number of ether oxygens (including phenoxy) is 1. The number of benzene rings is 1. The normalized spacial score (nSPS) is 30.3. The fraction of sp³-hybridized carbons (Fsp3) is 0.552. The molecule has 1 aromatic rings. The van der Waals surface area contributed by atoms with Gasteiger partial charge in [-0.25, -0.2) is 0 Å². The number of likely N-dealkylation sites (tertiary alicyclic amines) is 1. The average Bonchev–Trinajstić information content (AvgIpc) is 3.48. The highest BCUT2D eigenvalue weighted by Crippen LogP contribution is 2.69. The molecule has 1 N–H and O–H groups in total. The molecule has 7 atom stereocenters. The highest BCUT2D eigenvalue weighted by atomic mass is 35.5. The van der Waals surface area contributed by atoms with Crippen LogP contribution in [-0.4, -0.2) is 69.6 Å². The Morgan fingerprint density at radius 2 is 1.97 bits per heavy atom. The van der Waals surface area contributed by atoms with Crippen molar-refractivity contribution in [2.75, 3.05) is 24.7 Å². The van der Waals surface area contributed by atoms with Gasteiger partial charge in [0.15, 0.2) is 0 Å². The van der Waals surface area contributed by atoms with Crippen LogP contribution in [0.4, 0.5) is 5.69 Å². The summed E-state index contributed by atoms with van der Waals surface area (Å²) in [4.78, 5) is 45.4. The van der Waals surface area contributed by atoms with Gasteiger partial charge in [0, 0.05) is 22.5 Å². The molecular formula is C29H37ClN2O5S. The number of carbonyl (C=O) groups excluding carboxylic acids is 3. The number of rotatable bonds is 11. The highest BCUT2D eigenvalue weighted by molar-refractivity contribution is 8.02. The zero-order valence-corrected chi connectivity index (χ0v) is 23.8. The Kier molecular flexibility index (Phi) is 8.65. The van der Waals surface area contributed by atoms with Crippen molar-refractivity contribution in [1.82, 2.24) is 4.90 Å². The maximum Gasteiger partial charge on any atom is 0.311 e. The standard InChI is InChI=1S/C29H37ClN2O5S/c1-6-12-31(20-10-8-19(30)9-11-20)27(35)25-29-18(5)15-22(38-29)23(28(36)37-13-7-2)24(29)26(34)32(25)21(16-33)14-17(3)4/h6-11,17-18,21-25,33H,1-2,12-16H2,3-5H3/t18?,21-,22+,23-,24+,25?,29?/m1/s1. The van der Waals surface area contributed by atoms with Crippen LogP contribution < -0.4 is 4.90 Å². The van der Waals surface area contributed by atoms with Gasteiger partial charge >= 0.3 is 5.97 Å². The Morgan fingerprint density at radius 1 is 1.29 bits per heavy atom. The molecule has 206 valence electrons. The second-order valence-electron chi connectivity index (χ2n) is 10.9. The summed E-state index contributed by atoms with van der Waals surface area (Å²) in [6.07, 6.45) is 4.40. The number of amides is 2. The van der Waals surface area contributed by atoms with Crippen molar-refractivity contribution >= 4 is 46.8 Å². The molecule has 4 rings (SSSR count). The van der Waals surface area contributed by atoms with E-state index >= 15 is 0 Å². The number of anilines is 1. The monoisotopic (exact) mass is 560 g/mol. The van der Waals surface area contributed by atoms with Crippen molar-refractivity contribution < 1.29 is 24.2 Å². The molecule has 0 saturated carbocycles. The molecule has 9 heteroatoms. The van der Waals surface area contributed by atoms with Gasteiger partial charge in [-0.1, -0.05) is 51.1 Å². The predicted octanol–water partition coefficient (Wildman–Crippen LogP) is 4.33. The van der Waals surface area contributed by atoms with Crippen LogP contribution in [-0.2, 0) is 19.1 Å². The molecule has 3 aliphatic rings. The molecular weight excluding hydrogens is 524 g/mol. The molecule has 3 unspecified atom stereocenters. The van der Waals surface area contributed by atoms with E-state index in [9.17, 15) is 19.5 Å². The molecule has 3 aliphatic heterocycles. The number of aliphatic hydroxyl groups excluding tert-OH is 1. The summed E-state index contributed by atoms with van der Waals surface area (Å²) in [5, 5.41) is 10.9. The van der Waals surface area contributed by atoms with Gasteiger partial charge < -0.3 is 19.6 Å². The van der Waals surface area contributed by atoms with Crippen LogP contribution in [0.15, 0.2) is 49.6 Å². The second kappa shape index (κ2) is 11.4. The Bertz CT molecular complexity index is 1090. The Balaban J connectivity index is 1.84. The molecule has 7 nitrogen and oxygen atoms in total. The topological polar surface area (TPSA) is 87.2 Å². The quantitative estimate of drug-likeness (QED) is 0.320. The van der Waals surface area contributed by atoms with E-state index in [1.54, 1.807) is 51.9 Å². The van der Waals surface area contributed by atoms with Gasteiger partial charge in [0.1, 0.15) is 12.6 Å². The first-order valence-electron chi connectivity index (χ1n) is 13.2. The molecule has 2 amide bonds. The zero-order chi connectivity index (χ0) is 27.8. The molecule has 1 aromatic carbocycles. The highest BCUT2D eigenvalue weighted by Gasteiger charge is 2.77. The number of aliphatic hydroxyl groups is 1. The second-order valence-corrected chi connectivity index (χ2v) is 12.9. The van der Waals surface area contributed by atoms with Crippen molar-refractivity contribution in [2.45, 2.75) is 55.7 Å². The fourth-order valence-electron chi connectivity index (χ4n) is 6.68. The number of esters is 1. The summed E-state index contributed by atoms with van der Waals surface area (Å²) in [5.41, 5.74) is 0.642. The van der Waals surface area contributed by atoms with E-state index < -0.39 is 34.6 Å². The van der Waals surface area contributed by atoms with Gasteiger partial charge in [-0.05, 0) is 48.9 Å². The van der Waals surface area contributed by atoms with Crippen LogP contribution in [0.25, 0.3) is 0 Å². The summed E-state index contributed by atoms with van der Waals surface area (Å²) in [7, 11) is 0. The first-order chi connectivity index (χ1) is 18.1. The number of thioether (sulfide) groups is 1. The van der Waals surface area contributed by atoms with Gasteiger partial charge in [-0.3, -0.25) is 14.4 Å². The average molecular weight is 561 g/mol. The first kappa shape index (κ1) is 28.7. The van der Waals surface area contributed by atoms with E-state index in [0.29, 0.717) is 23.6 Å². The number of nitrogens with zero attached hydrogens (tertiary/aromatic N) is 2. The maximum absolute atomic E-state index is 14.6. The van der Waals surface area contributed by atoms with Gasteiger partial charge in [0.05, 0.1) is 29.2 Å². The maximum atomic E-state index is 14.6. The van der Waals surface area contributed by atoms with Crippen molar-refractivity contribution in [1.29, 1.82) is 0 Å². The lowest BCUT2D eigenvalue weighted by molar-refractivity contribution is -0.154. The zero-order valence-electron chi connectivity index (χ0n) is 22.2. The van der Waals surface area contributed by atoms with Crippen LogP contribution in [0, 0.1) is 23.7 Å². The van der Waals surface area contributed by atoms with E-state index in [1.807, 2.05) is 13.8 Å². The fourth-order valence-corrected chi connectivity index (χ4v) is 9.19. The van der Waals surface area contributed by atoms with Gasteiger partial charge in [-0.2, -0.15) is 0 Å². The molecule has 3 fully saturated rings. The Labute approximate surface area is 234 Å². The third kappa shape index (κ3) is 4.69. The number of hydrogen-bond acceptors (Lipinski definition) is 6. The number of halogens is 1. The Morgan fingerprint density at radius 3 is 2.55 bits per heavy atom. The third-order valence-electron chi connectivity index (χ3n) is 8.10. The van der Waals surface area contributed by atoms with Crippen molar-refractivity contribution in [3.8, 4) is 0 Å². The predicted molar refractivity (Wildman–Crippen MR) is 151 cm³/mol. The van der Waals surface area contributed by atoms with Crippen LogP contribution in [0.3, 0.4) is 0 Å². The van der Waals surface area contributed by atoms with Gasteiger partial charge in [-0.15, -0.1) is 18.3 Å². The molecule has 3 heterocycles. The summed E-state index contributed by atoms with van der Waals surface area (Å²) in [6.45, 7) is 13.6. The number of carbonyl (C=O) groups is 3. The lowest BCUT2D eigenvalue weighted by Crippen LogP contribution is -2.59. The van der Waals surface area contributed by atoms with Gasteiger partial charge in [0.25, 0.3) is 5.91 Å². The van der Waals surface area contributed by atoms with Crippen LogP contribution in [0.5, 0.6) is 0 Å². The minimum atomic E-state index is -0.853. The minimum Gasteiger partial charge on any atom is -0.461 e. The lowest BCUT2D eigenvalue weighted by atomic mass is 9.66. The number of hydrogen-bond donors (Lipinski definition) is 1. The molecule has 3 saturated heterocycles. The largest absolute Gasteiger partial charge is 0.461 e. The van der Waals surface area contributed by atoms with E-state index in [-0.39, 0.29) is 48.7 Å². The van der Waals surface area contributed by atoms with E-state index in [2.05, 4.69) is 20.1 Å². The van der Waals surface area contributed by atoms with E-state index in [0.717, 1.165) is 0 Å². The molecule has 2 bridgehead atoms. The smallest absolute Gasteiger partial charge is 0.311 e. The first-order valence-corrected chi connectivity index (χ1v) is 14.4.